The number of amides is 3. The van der Waals surface area contributed by atoms with Gasteiger partial charge in [-0.1, -0.05) is 125 Å². The second-order valence-corrected chi connectivity index (χ2v) is 19.0. The van der Waals surface area contributed by atoms with Crippen LogP contribution in [0.15, 0.2) is 60.7 Å². The molecule has 2 aromatic carbocycles. The summed E-state index contributed by atoms with van der Waals surface area (Å²) < 4.78 is 21.0. The maximum Gasteiger partial charge on any atom is 0.410 e. The lowest BCUT2D eigenvalue weighted by Crippen LogP contribution is -2.50. The van der Waals surface area contributed by atoms with Crippen molar-refractivity contribution in [2.45, 2.75) is 155 Å². The number of halogens is 1. The Hall–Kier alpha value is -4.89. The first kappa shape index (κ1) is 59.1. The molecular weight excluding hydrogens is 868 g/mol. The Morgan fingerprint density at radius 3 is 1.38 bits per heavy atom. The number of carbonyl (C=O) groups excluding carboxylic acids is 5. The third-order valence-corrected chi connectivity index (χ3v) is 11.0. The van der Waals surface area contributed by atoms with Gasteiger partial charge in [-0.2, -0.15) is 0 Å². The summed E-state index contributed by atoms with van der Waals surface area (Å²) in [7, 11) is 6.39. The van der Waals surface area contributed by atoms with Gasteiger partial charge in [0.1, 0.15) is 43.0 Å². The highest BCUT2D eigenvalue weighted by atomic mass is 35.5. The molecule has 15 nitrogen and oxygen atoms in total. The Morgan fingerprint density at radius 1 is 0.621 bits per heavy atom. The first-order valence-electron chi connectivity index (χ1n) is 23.0. The zero-order valence-corrected chi connectivity index (χ0v) is 42.0. The number of ether oxygens (including phenoxy) is 4. The lowest BCUT2D eigenvalue weighted by atomic mass is 9.84. The van der Waals surface area contributed by atoms with Gasteiger partial charge in [-0.15, -0.1) is 12.4 Å². The Morgan fingerprint density at radius 2 is 1.00 bits per heavy atom. The van der Waals surface area contributed by atoms with Crippen molar-refractivity contribution in [3.63, 3.8) is 0 Å². The summed E-state index contributed by atoms with van der Waals surface area (Å²) in [5.74, 6) is -1.17. The maximum atomic E-state index is 13.3. The van der Waals surface area contributed by atoms with E-state index in [9.17, 15) is 33.9 Å². The number of hydrogen-bond donors (Lipinski definition) is 2. The predicted molar refractivity (Wildman–Crippen MR) is 257 cm³/mol. The van der Waals surface area contributed by atoms with Crippen molar-refractivity contribution >= 4 is 48.4 Å². The fourth-order valence-electron chi connectivity index (χ4n) is 7.64. The molecule has 0 spiro atoms. The molecule has 0 saturated heterocycles. The predicted octanol–water partition coefficient (Wildman–Crippen LogP) is 9.04. The first-order valence-corrected chi connectivity index (χ1v) is 23.0. The molecule has 2 N–H and O–H groups in total. The molecule has 0 radical (unpaired) electrons. The molecular formula is C50H79ClN4O11. The van der Waals surface area contributed by atoms with Gasteiger partial charge < -0.3 is 34.3 Å². The van der Waals surface area contributed by atoms with Crippen LogP contribution >= 0.6 is 12.4 Å². The van der Waals surface area contributed by atoms with Crippen LogP contribution in [-0.2, 0) is 51.3 Å². The number of nitrogens with zero attached hydrogens (tertiary/aromatic N) is 3. The standard InChI is InChI=1S/C25H38N2O5.C18H25NO4.C7H15NO2.ClH/c1-25(2,3)32-22(28)17-26(4)23(29)21(16-19-12-8-6-9-13-19)27(5)24(30)31-18-20-14-10-7-11-15-20;1-19(18(22)23-13-15-10-6-3-7-11-15)16(17(20)21)12-14-8-4-2-5-9-14;1-7(2,3)10-6(9)5-8-4;/h7,10-11,14-15,19,21H,6,8-9,12-13,16-18H2,1-5H3;3,6-7,10-11,14,16H,2,4-5,8-9,12-13H2,1H3,(H,20,21);8H,5H2,1-4H3;1H/t21-;16-;;/m00../s1. The summed E-state index contributed by atoms with van der Waals surface area (Å²) >= 11 is 0. The smallest absolute Gasteiger partial charge is 0.410 e. The lowest BCUT2D eigenvalue weighted by Gasteiger charge is -2.33. The summed E-state index contributed by atoms with van der Waals surface area (Å²) in [6.07, 6.45) is 11.2. The molecule has 2 aromatic rings. The van der Waals surface area contributed by atoms with Crippen molar-refractivity contribution in [2.24, 2.45) is 11.8 Å². The van der Waals surface area contributed by atoms with E-state index in [0.29, 0.717) is 24.7 Å². The van der Waals surface area contributed by atoms with Gasteiger partial charge in [0.2, 0.25) is 5.91 Å². The van der Waals surface area contributed by atoms with Crippen LogP contribution in [0.2, 0.25) is 0 Å². The van der Waals surface area contributed by atoms with E-state index < -0.39 is 41.8 Å². The Balaban J connectivity index is 0.000000558. The maximum absolute atomic E-state index is 13.3. The van der Waals surface area contributed by atoms with Crippen LogP contribution in [0.5, 0.6) is 0 Å². The zero-order chi connectivity index (χ0) is 48.6. The molecule has 3 amide bonds. The third-order valence-electron chi connectivity index (χ3n) is 11.0. The number of nitrogens with one attached hydrogen (secondary N) is 1. The van der Waals surface area contributed by atoms with Gasteiger partial charge in [-0.05, 0) is 84.4 Å². The number of carboxylic acid groups (broad SMARTS) is 1. The molecule has 0 heterocycles. The van der Waals surface area contributed by atoms with Crippen LogP contribution in [0.25, 0.3) is 0 Å². The Kier molecular flexibility index (Phi) is 27.2. The van der Waals surface area contributed by atoms with Gasteiger partial charge in [0.15, 0.2) is 0 Å². The molecule has 2 aliphatic carbocycles. The monoisotopic (exact) mass is 947 g/mol. The topological polar surface area (TPSA) is 181 Å². The van der Waals surface area contributed by atoms with E-state index in [0.717, 1.165) is 62.5 Å². The molecule has 2 saturated carbocycles. The van der Waals surface area contributed by atoms with E-state index in [4.69, 9.17) is 18.9 Å². The minimum Gasteiger partial charge on any atom is -0.480 e. The number of hydrogen-bond acceptors (Lipinski definition) is 11. The molecule has 372 valence electrons. The molecule has 16 heteroatoms. The van der Waals surface area contributed by atoms with Crippen LogP contribution in [0.4, 0.5) is 9.59 Å². The number of rotatable bonds is 16. The normalized spacial score (nSPS) is 15.0. The zero-order valence-electron chi connectivity index (χ0n) is 41.2. The average Bonchev–Trinajstić information content (AvgIpc) is 3.25. The number of likely N-dealkylation sites (N-methyl/N-ethyl adjacent to an activating group) is 4. The first-order chi connectivity index (χ1) is 30.6. The van der Waals surface area contributed by atoms with Crippen LogP contribution in [-0.4, -0.2) is 120 Å². The van der Waals surface area contributed by atoms with Crippen LogP contribution < -0.4 is 5.32 Å². The lowest BCUT2D eigenvalue weighted by molar-refractivity contribution is -0.159. The SMILES string of the molecule is CN(C(=O)OCc1ccccc1)[C@@H](CC1CCCCC1)C(=O)O.CN(CC(=O)OC(C)(C)C)C(=O)[C@H](CC1CCCCC1)N(C)C(=O)OCc1ccccc1.CNCC(=O)OC(C)(C)C.Cl. The Bertz CT molecular complexity index is 1740. The molecule has 2 atom stereocenters. The third kappa shape index (κ3) is 24.6. The summed E-state index contributed by atoms with van der Waals surface area (Å²) in [6.45, 7) is 11.3. The molecule has 66 heavy (non-hydrogen) atoms. The largest absolute Gasteiger partial charge is 0.480 e. The van der Waals surface area contributed by atoms with Gasteiger partial charge in [-0.3, -0.25) is 24.2 Å². The fourth-order valence-corrected chi connectivity index (χ4v) is 7.64. The second kappa shape index (κ2) is 30.4. The van der Waals surface area contributed by atoms with Crippen molar-refractivity contribution in [1.29, 1.82) is 0 Å². The minimum atomic E-state index is -0.963. The van der Waals surface area contributed by atoms with Crippen molar-refractivity contribution in [3.05, 3.63) is 71.8 Å². The summed E-state index contributed by atoms with van der Waals surface area (Å²) in [6, 6.07) is 17.3. The number of benzene rings is 2. The average molecular weight is 948 g/mol. The number of aliphatic carboxylic acids is 1. The molecule has 0 aromatic heterocycles. The highest BCUT2D eigenvalue weighted by molar-refractivity contribution is 5.88. The highest BCUT2D eigenvalue weighted by Crippen LogP contribution is 2.30. The number of esters is 2. The van der Waals surface area contributed by atoms with Gasteiger partial charge in [0.05, 0.1) is 6.54 Å². The Labute approximate surface area is 400 Å². The van der Waals surface area contributed by atoms with E-state index in [1.807, 2.05) is 81.4 Å². The van der Waals surface area contributed by atoms with Crippen LogP contribution in [0.1, 0.15) is 130 Å². The van der Waals surface area contributed by atoms with Gasteiger partial charge in [-0.25, -0.2) is 14.4 Å². The van der Waals surface area contributed by atoms with Gasteiger partial charge in [0, 0.05) is 21.1 Å². The van der Waals surface area contributed by atoms with E-state index in [1.165, 1.54) is 34.6 Å². The van der Waals surface area contributed by atoms with Crippen molar-refractivity contribution in [3.8, 4) is 0 Å². The summed E-state index contributed by atoms with van der Waals surface area (Å²) in [4.78, 5) is 76.7. The molecule has 2 aliphatic rings. The fraction of sp³-hybridized carbons (Fsp3) is 0.640. The van der Waals surface area contributed by atoms with Gasteiger partial charge in [0.25, 0.3) is 0 Å². The molecule has 0 aliphatic heterocycles. The van der Waals surface area contributed by atoms with Gasteiger partial charge >= 0.3 is 30.1 Å². The van der Waals surface area contributed by atoms with Crippen molar-refractivity contribution in [2.75, 3.05) is 41.3 Å². The quantitative estimate of drug-likeness (QED) is 0.121. The molecule has 0 unspecified atom stereocenters. The van der Waals surface area contributed by atoms with E-state index in [2.05, 4.69) is 5.32 Å². The minimum absolute atomic E-state index is 0. The number of carboxylic acids is 1. The summed E-state index contributed by atoms with van der Waals surface area (Å²) in [5, 5.41) is 12.2. The summed E-state index contributed by atoms with van der Waals surface area (Å²) in [5.41, 5.74) is 0.772. The highest BCUT2D eigenvalue weighted by Gasteiger charge is 2.35. The van der Waals surface area contributed by atoms with E-state index >= 15 is 0 Å². The molecule has 4 rings (SSSR count). The van der Waals surface area contributed by atoms with E-state index in [1.54, 1.807) is 41.9 Å². The van der Waals surface area contributed by atoms with E-state index in [-0.39, 0.29) is 56.2 Å². The second-order valence-electron chi connectivity index (χ2n) is 19.0. The van der Waals surface area contributed by atoms with Crippen LogP contribution in [0, 0.1) is 11.8 Å². The number of carbonyl (C=O) groups is 6. The van der Waals surface area contributed by atoms with Crippen LogP contribution in [0.3, 0.4) is 0 Å². The van der Waals surface area contributed by atoms with Crippen molar-refractivity contribution in [1.82, 2.24) is 20.0 Å². The molecule has 0 bridgehead atoms. The molecule has 2 fully saturated rings. The van der Waals surface area contributed by atoms with Crippen molar-refractivity contribution < 1.29 is 52.8 Å².